The van der Waals surface area contributed by atoms with Crippen LogP contribution in [0.5, 0.6) is 0 Å². The number of anilines is 1. The standard InChI is InChI=1S/C14H13N3O3S/c15-14-4-1-11-7-12(2-3-13(11)17-14)21(18,19)16-8-10-5-6-20-9-10/h1-7,9,16H,8H2,(H2,15,17). The molecule has 0 aliphatic carbocycles. The molecule has 0 unspecified atom stereocenters. The van der Waals surface area contributed by atoms with Crippen molar-refractivity contribution in [1.82, 2.24) is 9.71 Å². The molecule has 1 aromatic carbocycles. The maximum Gasteiger partial charge on any atom is 0.240 e. The van der Waals surface area contributed by atoms with Gasteiger partial charge in [0.1, 0.15) is 5.82 Å². The Morgan fingerprint density at radius 3 is 2.81 bits per heavy atom. The monoisotopic (exact) mass is 303 g/mol. The van der Waals surface area contributed by atoms with Crippen molar-refractivity contribution >= 4 is 26.7 Å². The van der Waals surface area contributed by atoms with Crippen LogP contribution in [0.15, 0.2) is 58.2 Å². The number of hydrogen-bond acceptors (Lipinski definition) is 5. The molecular weight excluding hydrogens is 290 g/mol. The molecule has 2 heterocycles. The van der Waals surface area contributed by atoms with Crippen molar-refractivity contribution in [3.63, 3.8) is 0 Å². The lowest BCUT2D eigenvalue weighted by Gasteiger charge is -2.07. The van der Waals surface area contributed by atoms with Crippen LogP contribution in [-0.2, 0) is 16.6 Å². The van der Waals surface area contributed by atoms with Gasteiger partial charge in [0.05, 0.1) is 22.9 Å². The highest BCUT2D eigenvalue weighted by Gasteiger charge is 2.14. The van der Waals surface area contributed by atoms with Crippen molar-refractivity contribution < 1.29 is 12.8 Å². The van der Waals surface area contributed by atoms with Crippen LogP contribution in [0.2, 0.25) is 0 Å². The third-order valence-electron chi connectivity index (χ3n) is 3.04. The van der Waals surface area contributed by atoms with E-state index in [1.54, 1.807) is 30.3 Å². The Morgan fingerprint density at radius 2 is 2.05 bits per heavy atom. The van der Waals surface area contributed by atoms with Crippen LogP contribution < -0.4 is 10.5 Å². The van der Waals surface area contributed by atoms with Crippen LogP contribution in [0, 0.1) is 0 Å². The largest absolute Gasteiger partial charge is 0.472 e. The molecule has 3 N–H and O–H groups in total. The maximum absolute atomic E-state index is 12.3. The SMILES string of the molecule is Nc1ccc2cc(S(=O)(=O)NCc3ccoc3)ccc2n1. The number of nitrogen functional groups attached to an aromatic ring is 1. The van der Waals surface area contributed by atoms with Gasteiger partial charge in [0, 0.05) is 17.5 Å². The minimum atomic E-state index is -3.59. The summed E-state index contributed by atoms with van der Waals surface area (Å²) in [6, 6.07) is 9.80. The van der Waals surface area contributed by atoms with E-state index in [0.29, 0.717) is 11.3 Å². The summed E-state index contributed by atoms with van der Waals surface area (Å²) < 4.78 is 31.9. The fourth-order valence-electron chi connectivity index (χ4n) is 1.94. The Morgan fingerprint density at radius 1 is 1.19 bits per heavy atom. The van der Waals surface area contributed by atoms with Crippen molar-refractivity contribution in [2.75, 3.05) is 5.73 Å². The molecule has 6 nitrogen and oxygen atoms in total. The first-order valence-electron chi connectivity index (χ1n) is 6.22. The van der Waals surface area contributed by atoms with Gasteiger partial charge in [-0.2, -0.15) is 0 Å². The number of nitrogens with two attached hydrogens (primary N) is 1. The molecule has 0 spiro atoms. The van der Waals surface area contributed by atoms with Crippen molar-refractivity contribution in [2.24, 2.45) is 0 Å². The molecule has 3 rings (SSSR count). The van der Waals surface area contributed by atoms with Gasteiger partial charge in [-0.15, -0.1) is 0 Å². The summed E-state index contributed by atoms with van der Waals surface area (Å²) in [5.74, 6) is 0.399. The Hall–Kier alpha value is -2.38. The molecule has 2 aromatic heterocycles. The van der Waals surface area contributed by atoms with E-state index in [2.05, 4.69) is 9.71 Å². The average molecular weight is 303 g/mol. The zero-order valence-electron chi connectivity index (χ0n) is 11.0. The van der Waals surface area contributed by atoms with Crippen LogP contribution >= 0.6 is 0 Å². The number of hydrogen-bond donors (Lipinski definition) is 2. The lowest BCUT2D eigenvalue weighted by Crippen LogP contribution is -2.22. The minimum Gasteiger partial charge on any atom is -0.472 e. The number of aromatic nitrogens is 1. The zero-order chi connectivity index (χ0) is 14.9. The molecule has 0 fully saturated rings. The van der Waals surface area contributed by atoms with Crippen LogP contribution in [-0.4, -0.2) is 13.4 Å². The molecule has 21 heavy (non-hydrogen) atoms. The van der Waals surface area contributed by atoms with E-state index in [9.17, 15) is 8.42 Å². The molecule has 0 bridgehead atoms. The number of sulfonamides is 1. The summed E-state index contributed by atoms with van der Waals surface area (Å²) >= 11 is 0. The molecule has 0 saturated carbocycles. The first-order valence-corrected chi connectivity index (χ1v) is 7.70. The summed E-state index contributed by atoms with van der Waals surface area (Å²) in [7, 11) is -3.59. The third kappa shape index (κ3) is 2.88. The fourth-order valence-corrected chi connectivity index (χ4v) is 2.99. The van der Waals surface area contributed by atoms with Crippen molar-refractivity contribution in [3.05, 3.63) is 54.5 Å². The summed E-state index contributed by atoms with van der Waals surface area (Å²) in [6.07, 6.45) is 2.99. The molecule has 0 aliphatic rings. The highest BCUT2D eigenvalue weighted by atomic mass is 32.2. The highest BCUT2D eigenvalue weighted by Crippen LogP contribution is 2.19. The van der Waals surface area contributed by atoms with E-state index in [1.807, 2.05) is 0 Å². The van der Waals surface area contributed by atoms with E-state index in [4.69, 9.17) is 10.2 Å². The lowest BCUT2D eigenvalue weighted by atomic mass is 10.2. The van der Waals surface area contributed by atoms with Crippen molar-refractivity contribution in [3.8, 4) is 0 Å². The number of furan rings is 1. The first kappa shape index (κ1) is 13.6. The van der Waals surface area contributed by atoms with Gasteiger partial charge in [-0.25, -0.2) is 18.1 Å². The summed E-state index contributed by atoms with van der Waals surface area (Å²) in [5.41, 5.74) is 7.01. The minimum absolute atomic E-state index is 0.177. The number of rotatable bonds is 4. The third-order valence-corrected chi connectivity index (χ3v) is 4.44. The lowest BCUT2D eigenvalue weighted by molar-refractivity contribution is 0.561. The molecule has 0 amide bonds. The quantitative estimate of drug-likeness (QED) is 0.767. The van der Waals surface area contributed by atoms with Gasteiger partial charge in [-0.1, -0.05) is 0 Å². The van der Waals surface area contributed by atoms with Gasteiger partial charge in [0.25, 0.3) is 0 Å². The predicted molar refractivity (Wildman–Crippen MR) is 78.9 cm³/mol. The molecule has 108 valence electrons. The van der Waals surface area contributed by atoms with E-state index in [0.717, 1.165) is 10.9 Å². The van der Waals surface area contributed by atoms with E-state index in [1.165, 1.54) is 18.6 Å². The second kappa shape index (κ2) is 5.19. The highest BCUT2D eigenvalue weighted by molar-refractivity contribution is 7.89. The predicted octanol–water partition coefficient (Wildman–Crippen LogP) is 1.89. The Balaban J connectivity index is 1.89. The molecule has 7 heteroatoms. The maximum atomic E-state index is 12.3. The zero-order valence-corrected chi connectivity index (χ0v) is 11.8. The smallest absolute Gasteiger partial charge is 0.240 e. The number of pyridine rings is 1. The Kier molecular flexibility index (Phi) is 3.36. The van der Waals surface area contributed by atoms with Gasteiger partial charge < -0.3 is 10.2 Å². The van der Waals surface area contributed by atoms with Crippen molar-refractivity contribution in [2.45, 2.75) is 11.4 Å². The van der Waals surface area contributed by atoms with Crippen molar-refractivity contribution in [1.29, 1.82) is 0 Å². The van der Waals surface area contributed by atoms with Crippen LogP contribution in [0.3, 0.4) is 0 Å². The Bertz CT molecular complexity index is 874. The Labute approximate surface area is 121 Å². The number of fused-ring (bicyclic) bond motifs is 1. The number of benzene rings is 1. The van der Waals surface area contributed by atoms with E-state index in [-0.39, 0.29) is 11.4 Å². The van der Waals surface area contributed by atoms with Crippen LogP contribution in [0.1, 0.15) is 5.56 Å². The van der Waals surface area contributed by atoms with Gasteiger partial charge in [-0.3, -0.25) is 0 Å². The topological polar surface area (TPSA) is 98.2 Å². The second-order valence-corrected chi connectivity index (χ2v) is 6.31. The summed E-state index contributed by atoms with van der Waals surface area (Å²) in [6.45, 7) is 0.177. The normalized spacial score (nSPS) is 11.8. The van der Waals surface area contributed by atoms with E-state index >= 15 is 0 Å². The summed E-state index contributed by atoms with van der Waals surface area (Å²) in [4.78, 5) is 4.32. The molecule has 3 aromatic rings. The molecule has 0 radical (unpaired) electrons. The number of nitrogens with one attached hydrogen (secondary N) is 1. The molecule has 0 atom stereocenters. The second-order valence-electron chi connectivity index (χ2n) is 4.55. The van der Waals surface area contributed by atoms with Gasteiger partial charge in [-0.05, 0) is 36.4 Å². The molecule has 0 aliphatic heterocycles. The van der Waals surface area contributed by atoms with Gasteiger partial charge in [0.2, 0.25) is 10.0 Å². The van der Waals surface area contributed by atoms with E-state index < -0.39 is 10.0 Å². The average Bonchev–Trinajstić information content (AvgIpc) is 2.98. The van der Waals surface area contributed by atoms with Gasteiger partial charge in [0.15, 0.2) is 0 Å². The molecular formula is C14H13N3O3S. The number of nitrogens with zero attached hydrogens (tertiary/aromatic N) is 1. The summed E-state index contributed by atoms with van der Waals surface area (Å²) in [5, 5.41) is 0.718. The van der Waals surface area contributed by atoms with Crippen LogP contribution in [0.4, 0.5) is 5.82 Å². The molecule has 0 saturated heterocycles. The van der Waals surface area contributed by atoms with Gasteiger partial charge >= 0.3 is 0 Å². The van der Waals surface area contributed by atoms with Crippen LogP contribution in [0.25, 0.3) is 10.9 Å². The fraction of sp³-hybridized carbons (Fsp3) is 0.0714. The first-order chi connectivity index (χ1) is 10.0.